The van der Waals surface area contributed by atoms with E-state index in [9.17, 15) is 5.11 Å². The van der Waals surface area contributed by atoms with Crippen LogP contribution in [0, 0.1) is 5.92 Å². The predicted molar refractivity (Wildman–Crippen MR) is 61.5 cm³/mol. The van der Waals surface area contributed by atoms with E-state index in [0.717, 1.165) is 6.54 Å². The van der Waals surface area contributed by atoms with E-state index in [2.05, 4.69) is 29.6 Å². The standard InChI is InChI=1S/C13H19NO/c15-10-12-7-4-8-13(12)14-9-11-5-2-1-3-6-11/h1-3,5-6,12-15H,4,7-10H2/t12-,13+/m0/s1. The van der Waals surface area contributed by atoms with Crippen LogP contribution in [0.1, 0.15) is 24.8 Å². The molecule has 1 aromatic carbocycles. The zero-order chi connectivity index (χ0) is 10.5. The summed E-state index contributed by atoms with van der Waals surface area (Å²) in [5, 5.41) is 12.7. The minimum atomic E-state index is 0.326. The van der Waals surface area contributed by atoms with Crippen LogP contribution in [0.2, 0.25) is 0 Å². The summed E-state index contributed by atoms with van der Waals surface area (Å²) in [7, 11) is 0. The minimum Gasteiger partial charge on any atom is -0.396 e. The summed E-state index contributed by atoms with van der Waals surface area (Å²) in [5.74, 6) is 0.466. The van der Waals surface area contributed by atoms with E-state index in [1.54, 1.807) is 0 Å². The number of aliphatic hydroxyl groups is 1. The van der Waals surface area contributed by atoms with Gasteiger partial charge in [-0.15, -0.1) is 0 Å². The van der Waals surface area contributed by atoms with E-state index in [0.29, 0.717) is 18.6 Å². The molecule has 2 rings (SSSR count). The number of hydrogen-bond donors (Lipinski definition) is 2. The van der Waals surface area contributed by atoms with Crippen LogP contribution in [0.15, 0.2) is 30.3 Å². The molecule has 2 nitrogen and oxygen atoms in total. The molecule has 2 heteroatoms. The van der Waals surface area contributed by atoms with E-state index >= 15 is 0 Å². The number of rotatable bonds is 4. The Labute approximate surface area is 91.3 Å². The Kier molecular flexibility index (Phi) is 3.75. The summed E-state index contributed by atoms with van der Waals surface area (Å²) in [6, 6.07) is 10.9. The molecule has 0 bridgehead atoms. The van der Waals surface area contributed by atoms with Gasteiger partial charge in [-0.2, -0.15) is 0 Å². The number of nitrogens with one attached hydrogen (secondary N) is 1. The third-order valence-corrected chi connectivity index (χ3v) is 3.30. The summed E-state index contributed by atoms with van der Waals surface area (Å²) in [4.78, 5) is 0. The molecule has 0 unspecified atom stereocenters. The maximum Gasteiger partial charge on any atom is 0.0474 e. The van der Waals surface area contributed by atoms with Gasteiger partial charge >= 0.3 is 0 Å². The van der Waals surface area contributed by atoms with E-state index in [-0.39, 0.29) is 0 Å². The van der Waals surface area contributed by atoms with Crippen LogP contribution in [-0.2, 0) is 6.54 Å². The van der Waals surface area contributed by atoms with Gasteiger partial charge in [-0.1, -0.05) is 36.8 Å². The fourth-order valence-electron chi connectivity index (χ4n) is 2.37. The quantitative estimate of drug-likeness (QED) is 0.787. The van der Waals surface area contributed by atoms with Crippen molar-refractivity contribution in [2.75, 3.05) is 6.61 Å². The molecule has 0 amide bonds. The molecule has 2 atom stereocenters. The lowest BCUT2D eigenvalue weighted by molar-refractivity contribution is 0.205. The second-order valence-electron chi connectivity index (χ2n) is 4.35. The smallest absolute Gasteiger partial charge is 0.0474 e. The van der Waals surface area contributed by atoms with Crippen molar-refractivity contribution in [2.45, 2.75) is 31.8 Å². The van der Waals surface area contributed by atoms with Crippen LogP contribution in [-0.4, -0.2) is 17.8 Å². The topological polar surface area (TPSA) is 32.3 Å². The molecule has 1 saturated carbocycles. The van der Waals surface area contributed by atoms with E-state index < -0.39 is 0 Å². The predicted octanol–water partition coefficient (Wildman–Crippen LogP) is 1.94. The first-order chi connectivity index (χ1) is 7.40. The molecule has 15 heavy (non-hydrogen) atoms. The molecule has 0 aromatic heterocycles. The van der Waals surface area contributed by atoms with Crippen LogP contribution in [0.25, 0.3) is 0 Å². The lowest BCUT2D eigenvalue weighted by Gasteiger charge is -2.18. The molecule has 0 radical (unpaired) electrons. The Morgan fingerprint density at radius 1 is 1.20 bits per heavy atom. The lowest BCUT2D eigenvalue weighted by atomic mass is 10.0. The highest BCUT2D eigenvalue weighted by atomic mass is 16.3. The molecule has 1 aliphatic carbocycles. The van der Waals surface area contributed by atoms with Crippen molar-refractivity contribution in [1.29, 1.82) is 0 Å². The van der Waals surface area contributed by atoms with Gasteiger partial charge in [-0.3, -0.25) is 0 Å². The fraction of sp³-hybridized carbons (Fsp3) is 0.538. The van der Waals surface area contributed by atoms with Crippen LogP contribution in [0.4, 0.5) is 0 Å². The molecule has 0 heterocycles. The van der Waals surface area contributed by atoms with Gasteiger partial charge in [0.05, 0.1) is 0 Å². The first kappa shape index (κ1) is 10.7. The summed E-state index contributed by atoms with van der Waals surface area (Å²) >= 11 is 0. The Bertz CT molecular complexity index is 286. The van der Waals surface area contributed by atoms with Crippen LogP contribution >= 0.6 is 0 Å². The molecule has 1 aromatic rings. The Balaban J connectivity index is 1.83. The highest BCUT2D eigenvalue weighted by molar-refractivity contribution is 5.14. The molecule has 2 N–H and O–H groups in total. The van der Waals surface area contributed by atoms with Gasteiger partial charge in [0.1, 0.15) is 0 Å². The number of benzene rings is 1. The lowest BCUT2D eigenvalue weighted by Crippen LogP contribution is -2.33. The zero-order valence-electron chi connectivity index (χ0n) is 9.02. The molecular formula is C13H19NO. The SMILES string of the molecule is OC[C@@H]1CCC[C@H]1NCc1ccccc1. The summed E-state index contributed by atoms with van der Waals surface area (Å²) in [5.41, 5.74) is 1.32. The maximum absolute atomic E-state index is 9.19. The van der Waals surface area contributed by atoms with Crippen LogP contribution < -0.4 is 5.32 Å². The third-order valence-electron chi connectivity index (χ3n) is 3.30. The molecule has 82 valence electrons. The average molecular weight is 205 g/mol. The number of aliphatic hydroxyl groups excluding tert-OH is 1. The molecule has 1 aliphatic rings. The second-order valence-corrected chi connectivity index (χ2v) is 4.35. The molecule has 0 saturated heterocycles. The van der Waals surface area contributed by atoms with Crippen LogP contribution in [0.3, 0.4) is 0 Å². The fourth-order valence-corrected chi connectivity index (χ4v) is 2.37. The average Bonchev–Trinajstić information content (AvgIpc) is 2.75. The van der Waals surface area contributed by atoms with Gasteiger partial charge in [-0.25, -0.2) is 0 Å². The Morgan fingerprint density at radius 2 is 2.00 bits per heavy atom. The number of hydrogen-bond acceptors (Lipinski definition) is 2. The maximum atomic E-state index is 9.19. The van der Waals surface area contributed by atoms with Crippen molar-refractivity contribution in [2.24, 2.45) is 5.92 Å². The monoisotopic (exact) mass is 205 g/mol. The summed E-state index contributed by atoms with van der Waals surface area (Å²) in [6.07, 6.45) is 3.62. The highest BCUT2D eigenvalue weighted by Gasteiger charge is 2.25. The highest BCUT2D eigenvalue weighted by Crippen LogP contribution is 2.25. The van der Waals surface area contributed by atoms with Crippen molar-refractivity contribution in [1.82, 2.24) is 5.32 Å². The van der Waals surface area contributed by atoms with Crippen molar-refractivity contribution < 1.29 is 5.11 Å². The van der Waals surface area contributed by atoms with E-state index in [4.69, 9.17) is 0 Å². The Morgan fingerprint density at radius 3 is 2.73 bits per heavy atom. The molecular weight excluding hydrogens is 186 g/mol. The van der Waals surface area contributed by atoms with Crippen molar-refractivity contribution in [3.05, 3.63) is 35.9 Å². The van der Waals surface area contributed by atoms with Crippen molar-refractivity contribution in [3.8, 4) is 0 Å². The van der Waals surface area contributed by atoms with Gasteiger partial charge < -0.3 is 10.4 Å². The van der Waals surface area contributed by atoms with E-state index in [1.165, 1.54) is 24.8 Å². The normalized spacial score (nSPS) is 25.7. The second kappa shape index (κ2) is 5.29. The van der Waals surface area contributed by atoms with Crippen molar-refractivity contribution in [3.63, 3.8) is 0 Å². The zero-order valence-corrected chi connectivity index (χ0v) is 9.02. The van der Waals surface area contributed by atoms with Gasteiger partial charge in [0.2, 0.25) is 0 Å². The minimum absolute atomic E-state index is 0.326. The van der Waals surface area contributed by atoms with E-state index in [1.807, 2.05) is 6.07 Å². The molecule has 0 spiro atoms. The largest absolute Gasteiger partial charge is 0.396 e. The van der Waals surface area contributed by atoms with Gasteiger partial charge in [0.15, 0.2) is 0 Å². The van der Waals surface area contributed by atoms with Gasteiger partial charge in [0, 0.05) is 19.2 Å². The first-order valence-corrected chi connectivity index (χ1v) is 5.78. The summed E-state index contributed by atoms with van der Waals surface area (Å²) < 4.78 is 0. The third kappa shape index (κ3) is 2.80. The van der Waals surface area contributed by atoms with Gasteiger partial charge in [0.25, 0.3) is 0 Å². The molecule has 1 fully saturated rings. The van der Waals surface area contributed by atoms with Crippen molar-refractivity contribution >= 4 is 0 Å². The molecule has 0 aliphatic heterocycles. The first-order valence-electron chi connectivity index (χ1n) is 5.78. The van der Waals surface area contributed by atoms with Gasteiger partial charge in [-0.05, 0) is 24.3 Å². The Hall–Kier alpha value is -0.860. The summed E-state index contributed by atoms with van der Waals surface area (Å²) in [6.45, 7) is 1.24. The van der Waals surface area contributed by atoms with Crippen LogP contribution in [0.5, 0.6) is 0 Å².